The van der Waals surface area contributed by atoms with Crippen molar-refractivity contribution in [3.63, 3.8) is 0 Å². The topological polar surface area (TPSA) is 0 Å². The van der Waals surface area contributed by atoms with Crippen molar-refractivity contribution in [3.8, 4) is 0 Å². The Labute approximate surface area is 95.0 Å². The Hall–Kier alpha value is 2.86. The van der Waals surface area contributed by atoms with Gasteiger partial charge in [0.15, 0.2) is 0 Å². The van der Waals surface area contributed by atoms with Crippen LogP contribution in [-0.2, 0) is 0 Å². The van der Waals surface area contributed by atoms with E-state index in [0.717, 1.165) is 0 Å². The van der Waals surface area contributed by atoms with Gasteiger partial charge in [-0.1, -0.05) is 0 Å². The average Bonchev–Trinajstić information content (AvgIpc) is 0. The van der Waals surface area contributed by atoms with Gasteiger partial charge in [-0.25, -0.2) is 0 Å². The van der Waals surface area contributed by atoms with Gasteiger partial charge in [0, 0.05) is 0 Å². The monoisotopic (exact) mass is 364 g/mol. The quantitative estimate of drug-likeness (QED) is 0.326. The fourth-order valence-corrected chi connectivity index (χ4v) is 0. The minimum Gasteiger partial charge on any atom is -3.00 e. The molecule has 28 valence electrons. The van der Waals surface area contributed by atoms with Crippen molar-refractivity contribution in [2.45, 2.75) is 0 Å². The van der Waals surface area contributed by atoms with Gasteiger partial charge >= 0.3 is 51.7 Å². The maximum atomic E-state index is 0. The fourth-order valence-electron chi connectivity index (χ4n) is 0. The number of hydrogen-bond donors (Lipinski definition) is 0. The van der Waals surface area contributed by atoms with Gasteiger partial charge in [-0.2, -0.15) is 0 Å². The van der Waals surface area contributed by atoms with Gasteiger partial charge < -0.3 is 27.9 Å². The first-order valence-corrected chi connectivity index (χ1v) is 0. The first-order chi connectivity index (χ1) is 0. The summed E-state index contributed by atoms with van der Waals surface area (Å²) in [7, 11) is 0. The maximum Gasteiger partial charge on any atom is 3.00 e. The zero-order valence-corrected chi connectivity index (χ0v) is 11.4. The molecule has 0 atom stereocenters. The van der Waals surface area contributed by atoms with Crippen molar-refractivity contribution in [2.24, 2.45) is 0 Å². The molecule has 0 radical (unpaired) electrons. The Kier molecular flexibility index (Phi) is 505. The smallest absolute Gasteiger partial charge is 3.00 e. The van der Waals surface area contributed by atoms with E-state index in [9.17, 15) is 0 Å². The number of rotatable bonds is 0. The molecule has 0 aliphatic carbocycles. The van der Waals surface area contributed by atoms with Gasteiger partial charge in [-0.3, -0.25) is 0 Å². The van der Waals surface area contributed by atoms with E-state index in [1.807, 2.05) is 0 Å². The third kappa shape index (κ3) is 28.8. The SMILES string of the molecule is B.B.[As-3].[In+3].[In+3].[P-3]. The van der Waals surface area contributed by atoms with E-state index in [4.69, 9.17) is 0 Å². The average molecular weight is 363 g/mol. The van der Waals surface area contributed by atoms with Gasteiger partial charge in [-0.05, 0) is 0 Å². The molecule has 0 aliphatic rings. The van der Waals surface area contributed by atoms with Crippen LogP contribution in [0, 0.1) is 0 Å². The van der Waals surface area contributed by atoms with Gasteiger partial charge in [0.1, 0.15) is 0 Å². The first kappa shape index (κ1) is 67.0. The van der Waals surface area contributed by atoms with Crippen molar-refractivity contribution >= 4 is 96.4 Å². The largest absolute Gasteiger partial charge is 3.00 e. The summed E-state index contributed by atoms with van der Waals surface area (Å²) in [4.78, 5) is 0. The van der Waals surface area contributed by atoms with E-state index < -0.39 is 0 Å². The molecule has 0 spiro atoms. The Balaban J connectivity index is 0. The molecule has 0 fully saturated rings. The Morgan fingerprint density at radius 1 is 0.667 bits per heavy atom. The summed E-state index contributed by atoms with van der Waals surface area (Å²) in [5, 5.41) is 0. The predicted octanol–water partition coefficient (Wildman–Crippen LogP) is -2.65. The van der Waals surface area contributed by atoms with Crippen molar-refractivity contribution in [2.75, 3.05) is 0 Å². The van der Waals surface area contributed by atoms with Crippen molar-refractivity contribution in [1.29, 1.82) is 0 Å². The third-order valence-corrected chi connectivity index (χ3v) is 0. The predicted molar refractivity (Wildman–Crippen MR) is 44.1 cm³/mol. The van der Waals surface area contributed by atoms with Gasteiger partial charge in [0.2, 0.25) is 0 Å². The molecule has 0 aromatic rings. The zero-order chi connectivity index (χ0) is 0. The Morgan fingerprint density at radius 3 is 0.667 bits per heavy atom. The van der Waals surface area contributed by atoms with Crippen LogP contribution in [0.15, 0.2) is 0 Å². The summed E-state index contributed by atoms with van der Waals surface area (Å²) in [6.07, 6.45) is 0. The molecule has 0 amide bonds. The van der Waals surface area contributed by atoms with Crippen LogP contribution in [0.3, 0.4) is 0 Å². The summed E-state index contributed by atoms with van der Waals surface area (Å²) in [6.45, 7) is 0. The molecule has 0 aliphatic heterocycles. The molecule has 0 bridgehead atoms. The van der Waals surface area contributed by atoms with E-state index in [0.29, 0.717) is 0 Å². The van der Waals surface area contributed by atoms with E-state index in [-0.39, 0.29) is 96.4 Å². The third-order valence-electron chi connectivity index (χ3n) is 0. The molecular weight excluding hydrogens is 357 g/mol. The summed E-state index contributed by atoms with van der Waals surface area (Å²) < 4.78 is 0. The maximum absolute atomic E-state index is 0. The minimum atomic E-state index is 0. The molecule has 0 aromatic heterocycles. The number of hydrogen-bond acceptors (Lipinski definition) is 0. The molecule has 0 N–H and O–H groups in total. The van der Waals surface area contributed by atoms with Crippen LogP contribution in [0.4, 0.5) is 0 Å². The normalized spacial score (nSPS) is 0. The summed E-state index contributed by atoms with van der Waals surface area (Å²) >= 11 is 0. The second-order valence-corrected chi connectivity index (χ2v) is 0. The molecule has 0 heterocycles. The molecule has 0 saturated carbocycles. The van der Waals surface area contributed by atoms with Crippen LogP contribution >= 0.6 is 9.90 Å². The van der Waals surface area contributed by atoms with Gasteiger partial charge in [-0.15, -0.1) is 0 Å². The van der Waals surface area contributed by atoms with Crippen molar-refractivity contribution < 1.29 is 0 Å². The Morgan fingerprint density at radius 2 is 0.667 bits per heavy atom. The van der Waals surface area contributed by atoms with Crippen LogP contribution < -0.4 is 0 Å². The van der Waals surface area contributed by atoms with Crippen LogP contribution in [0.1, 0.15) is 0 Å². The second kappa shape index (κ2) is 45.2. The molecule has 6 heavy (non-hydrogen) atoms. The molecule has 0 nitrogen and oxygen atoms in total. The first-order valence-electron chi connectivity index (χ1n) is 0. The standard InChI is InChI=1S/As.2BH3.2In.P/h;2*1H3;;;/q-3;;;2*+3;-3. The van der Waals surface area contributed by atoms with Gasteiger partial charge in [0.25, 0.3) is 0 Å². The molecule has 6 heteroatoms. The van der Waals surface area contributed by atoms with Crippen LogP contribution in [-0.4, -0.2) is 86.5 Å². The van der Waals surface area contributed by atoms with E-state index in [2.05, 4.69) is 0 Å². The summed E-state index contributed by atoms with van der Waals surface area (Å²) in [6, 6.07) is 0. The van der Waals surface area contributed by atoms with E-state index >= 15 is 0 Å². The summed E-state index contributed by atoms with van der Waals surface area (Å²) in [5.41, 5.74) is 0. The van der Waals surface area contributed by atoms with Crippen LogP contribution in [0.25, 0.3) is 0 Å². The fraction of sp³-hybridized carbons (Fsp3) is 0. The van der Waals surface area contributed by atoms with Crippen LogP contribution in [0.2, 0.25) is 0 Å². The zero-order valence-electron chi connectivity index (χ0n) is 2.05. The second-order valence-electron chi connectivity index (χ2n) is 0. The van der Waals surface area contributed by atoms with Crippen molar-refractivity contribution in [1.82, 2.24) is 0 Å². The van der Waals surface area contributed by atoms with Gasteiger partial charge in [0.05, 0.1) is 16.8 Å². The summed E-state index contributed by atoms with van der Waals surface area (Å²) in [5.74, 6) is 0. The molecule has 0 aromatic carbocycles. The Bertz CT molecular complexity index is 11.5. The van der Waals surface area contributed by atoms with Crippen LogP contribution in [0.5, 0.6) is 0 Å². The molecule has 0 rings (SSSR count). The van der Waals surface area contributed by atoms with Crippen molar-refractivity contribution in [3.05, 3.63) is 0 Å². The minimum absolute atomic E-state index is 0. The van der Waals surface area contributed by atoms with E-state index in [1.54, 1.807) is 0 Å². The molecule has 0 saturated heterocycles. The molecular formula is H6AsB2In2P. The van der Waals surface area contributed by atoms with E-state index in [1.165, 1.54) is 0 Å². The molecule has 0 unspecified atom stereocenters.